The molecule has 0 aliphatic heterocycles. The van der Waals surface area contributed by atoms with E-state index in [4.69, 9.17) is 28.6 Å². The van der Waals surface area contributed by atoms with Crippen molar-refractivity contribution in [3.63, 3.8) is 0 Å². The molecule has 0 aliphatic rings. The summed E-state index contributed by atoms with van der Waals surface area (Å²) in [5, 5.41) is 6.45. The monoisotopic (exact) mass is 404 g/mol. The maximum atomic E-state index is 12.1. The lowest BCUT2D eigenvalue weighted by atomic mass is 10.2. The largest absolute Gasteiger partial charge is 0.494 e. The Morgan fingerprint density at radius 3 is 2.33 bits per heavy atom. The Bertz CT molecular complexity index is 733. The molecular weight excluding hydrogens is 380 g/mol. The first-order chi connectivity index (χ1) is 13.1. The van der Waals surface area contributed by atoms with Crippen molar-refractivity contribution in [3.05, 3.63) is 59.1 Å². The van der Waals surface area contributed by atoms with Crippen molar-refractivity contribution in [3.8, 4) is 5.75 Å². The second kappa shape index (κ2) is 11.6. The van der Waals surface area contributed by atoms with Crippen LogP contribution in [-0.4, -0.2) is 17.6 Å². The average Bonchev–Trinajstić information content (AvgIpc) is 2.66. The molecule has 4 nitrogen and oxygen atoms in total. The molecule has 0 atom stereocenters. The first-order valence-electron chi connectivity index (χ1n) is 9.19. The molecular formula is C21H25ClN2O2S. The van der Waals surface area contributed by atoms with Crippen molar-refractivity contribution in [2.45, 2.75) is 39.0 Å². The fourth-order valence-corrected chi connectivity index (χ4v) is 2.81. The van der Waals surface area contributed by atoms with Crippen LogP contribution in [0.1, 0.15) is 49.4 Å². The van der Waals surface area contributed by atoms with Crippen molar-refractivity contribution in [1.29, 1.82) is 0 Å². The number of carbonyl (C=O) groups excluding carboxylic acids is 1. The standard InChI is InChI=1S/C21H25ClN2O2S/c1-2-3-4-5-6-15-26-19-13-11-18(12-14-19)23-21(27)24-20(25)16-7-9-17(22)10-8-16/h7-14H,2-6,15H2,1H3,(H2,23,24,25,27). The quantitative estimate of drug-likeness (QED) is 0.408. The van der Waals surface area contributed by atoms with Gasteiger partial charge in [0, 0.05) is 16.3 Å². The number of benzene rings is 2. The second-order valence-electron chi connectivity index (χ2n) is 6.20. The van der Waals surface area contributed by atoms with Gasteiger partial charge in [0.25, 0.3) is 5.91 Å². The summed E-state index contributed by atoms with van der Waals surface area (Å²) in [7, 11) is 0. The molecule has 0 saturated heterocycles. The minimum Gasteiger partial charge on any atom is -0.494 e. The zero-order valence-corrected chi connectivity index (χ0v) is 17.0. The number of anilines is 1. The Balaban J connectivity index is 1.74. The van der Waals surface area contributed by atoms with Crippen LogP contribution in [0.3, 0.4) is 0 Å². The Hall–Kier alpha value is -2.11. The van der Waals surface area contributed by atoms with Gasteiger partial charge < -0.3 is 10.1 Å². The molecule has 0 fully saturated rings. The van der Waals surface area contributed by atoms with Crippen molar-refractivity contribution < 1.29 is 9.53 Å². The van der Waals surface area contributed by atoms with Crippen LogP contribution >= 0.6 is 23.8 Å². The smallest absolute Gasteiger partial charge is 0.257 e. The van der Waals surface area contributed by atoms with Gasteiger partial charge in [-0.2, -0.15) is 0 Å². The van der Waals surface area contributed by atoms with Crippen molar-refractivity contribution >= 4 is 40.5 Å². The van der Waals surface area contributed by atoms with Gasteiger partial charge in [-0.1, -0.05) is 44.2 Å². The minimum absolute atomic E-state index is 0.236. The van der Waals surface area contributed by atoms with E-state index in [1.54, 1.807) is 24.3 Å². The van der Waals surface area contributed by atoms with Gasteiger partial charge >= 0.3 is 0 Å². The van der Waals surface area contributed by atoms with E-state index in [0.717, 1.165) is 24.5 Å². The van der Waals surface area contributed by atoms with Crippen molar-refractivity contribution in [2.75, 3.05) is 11.9 Å². The highest BCUT2D eigenvalue weighted by Gasteiger charge is 2.08. The Morgan fingerprint density at radius 1 is 1.00 bits per heavy atom. The number of thiocarbonyl (C=S) groups is 1. The Kier molecular flexibility index (Phi) is 9.08. The van der Waals surface area contributed by atoms with E-state index in [1.807, 2.05) is 24.3 Å². The molecule has 2 N–H and O–H groups in total. The van der Waals surface area contributed by atoms with E-state index in [2.05, 4.69) is 17.6 Å². The summed E-state index contributed by atoms with van der Waals surface area (Å²) in [6.07, 6.45) is 6.07. The number of unbranched alkanes of at least 4 members (excludes halogenated alkanes) is 4. The van der Waals surface area contributed by atoms with Crippen molar-refractivity contribution in [1.82, 2.24) is 5.32 Å². The van der Waals surface area contributed by atoms with E-state index in [0.29, 0.717) is 10.6 Å². The summed E-state index contributed by atoms with van der Waals surface area (Å²) in [6.45, 7) is 2.94. The van der Waals surface area contributed by atoms with E-state index >= 15 is 0 Å². The topological polar surface area (TPSA) is 50.4 Å². The minimum atomic E-state index is -0.285. The zero-order chi connectivity index (χ0) is 19.5. The molecule has 0 bridgehead atoms. The molecule has 0 aromatic heterocycles. The lowest BCUT2D eigenvalue weighted by molar-refractivity contribution is 0.0977. The van der Waals surface area contributed by atoms with E-state index in [9.17, 15) is 4.79 Å². The summed E-state index contributed by atoms with van der Waals surface area (Å²) in [5.74, 6) is 0.541. The van der Waals surface area contributed by atoms with Crippen LogP contribution < -0.4 is 15.4 Å². The first kappa shape index (κ1) is 21.2. The number of carbonyl (C=O) groups is 1. The van der Waals surface area contributed by atoms with Gasteiger partial charge in [-0.3, -0.25) is 10.1 Å². The van der Waals surface area contributed by atoms with Gasteiger partial charge in [0.15, 0.2) is 5.11 Å². The number of hydrogen-bond acceptors (Lipinski definition) is 3. The van der Waals surface area contributed by atoms with E-state index < -0.39 is 0 Å². The predicted molar refractivity (Wildman–Crippen MR) is 116 cm³/mol. The Labute approximate surface area is 171 Å². The third kappa shape index (κ3) is 7.97. The molecule has 0 aliphatic carbocycles. The second-order valence-corrected chi connectivity index (χ2v) is 7.05. The van der Waals surface area contributed by atoms with Crippen LogP contribution in [0, 0.1) is 0 Å². The third-order valence-corrected chi connectivity index (χ3v) is 4.42. The molecule has 0 saturated carbocycles. The lowest BCUT2D eigenvalue weighted by Crippen LogP contribution is -2.34. The molecule has 144 valence electrons. The van der Waals surface area contributed by atoms with Gasteiger partial charge in [-0.15, -0.1) is 0 Å². The molecule has 0 heterocycles. The van der Waals surface area contributed by atoms with Crippen LogP contribution in [0.25, 0.3) is 0 Å². The molecule has 0 spiro atoms. The molecule has 1 amide bonds. The molecule has 2 aromatic carbocycles. The maximum Gasteiger partial charge on any atom is 0.257 e. The highest BCUT2D eigenvalue weighted by molar-refractivity contribution is 7.80. The summed E-state index contributed by atoms with van der Waals surface area (Å²) >= 11 is 11.0. The fraction of sp³-hybridized carbons (Fsp3) is 0.333. The molecule has 0 unspecified atom stereocenters. The van der Waals surface area contributed by atoms with Crippen LogP contribution in [0.15, 0.2) is 48.5 Å². The fourth-order valence-electron chi connectivity index (χ4n) is 2.47. The lowest BCUT2D eigenvalue weighted by Gasteiger charge is -2.11. The molecule has 27 heavy (non-hydrogen) atoms. The molecule has 6 heteroatoms. The average molecular weight is 405 g/mol. The SMILES string of the molecule is CCCCCCCOc1ccc(NC(=S)NC(=O)c2ccc(Cl)cc2)cc1. The van der Waals surface area contributed by atoms with Crippen LogP contribution in [-0.2, 0) is 0 Å². The highest BCUT2D eigenvalue weighted by Crippen LogP contribution is 2.16. The van der Waals surface area contributed by atoms with Gasteiger partial charge in [0.2, 0.25) is 0 Å². The van der Waals surface area contributed by atoms with Gasteiger partial charge in [-0.25, -0.2) is 0 Å². The van der Waals surface area contributed by atoms with Crippen LogP contribution in [0.4, 0.5) is 5.69 Å². The Morgan fingerprint density at radius 2 is 1.67 bits per heavy atom. The van der Waals surface area contributed by atoms with Gasteiger partial charge in [-0.05, 0) is 67.2 Å². The van der Waals surface area contributed by atoms with E-state index in [1.165, 1.54) is 25.7 Å². The third-order valence-electron chi connectivity index (χ3n) is 3.96. The number of nitrogens with one attached hydrogen (secondary N) is 2. The van der Waals surface area contributed by atoms with Gasteiger partial charge in [0.05, 0.1) is 6.61 Å². The predicted octanol–water partition coefficient (Wildman–Crippen LogP) is 5.82. The zero-order valence-electron chi connectivity index (χ0n) is 15.5. The molecule has 2 aromatic rings. The number of hydrogen-bond donors (Lipinski definition) is 2. The summed E-state index contributed by atoms with van der Waals surface area (Å²) < 4.78 is 5.74. The summed E-state index contributed by atoms with van der Waals surface area (Å²) in [4.78, 5) is 12.1. The number of rotatable bonds is 9. The molecule has 2 rings (SSSR count). The molecule has 0 radical (unpaired) electrons. The van der Waals surface area contributed by atoms with Crippen LogP contribution in [0.5, 0.6) is 5.75 Å². The number of ether oxygens (including phenoxy) is 1. The summed E-state index contributed by atoms with van der Waals surface area (Å²) in [5.41, 5.74) is 1.28. The number of amides is 1. The first-order valence-corrected chi connectivity index (χ1v) is 9.98. The highest BCUT2D eigenvalue weighted by atomic mass is 35.5. The maximum absolute atomic E-state index is 12.1. The van der Waals surface area contributed by atoms with Crippen molar-refractivity contribution in [2.24, 2.45) is 0 Å². The van der Waals surface area contributed by atoms with E-state index in [-0.39, 0.29) is 11.0 Å². The summed E-state index contributed by atoms with van der Waals surface area (Å²) in [6, 6.07) is 14.1. The van der Waals surface area contributed by atoms with Gasteiger partial charge in [0.1, 0.15) is 5.75 Å². The number of halogens is 1. The van der Waals surface area contributed by atoms with Crippen LogP contribution in [0.2, 0.25) is 5.02 Å². The normalized spacial score (nSPS) is 10.3.